The molecule has 0 spiro atoms. The first-order chi connectivity index (χ1) is 5.08. The zero-order chi connectivity index (χ0) is 8.06. The lowest BCUT2D eigenvalue weighted by Gasteiger charge is -2.19. The van der Waals surface area contributed by atoms with Crippen LogP contribution >= 0.6 is 0 Å². The van der Waals surface area contributed by atoms with E-state index >= 15 is 0 Å². The fourth-order valence-corrected chi connectivity index (χ4v) is 1.38. The van der Waals surface area contributed by atoms with Crippen molar-refractivity contribution < 1.29 is 14.3 Å². The molecule has 1 heterocycles. The van der Waals surface area contributed by atoms with Crippen LogP contribution in [0, 0.1) is 0 Å². The predicted molar refractivity (Wildman–Crippen MR) is 37.5 cm³/mol. The van der Waals surface area contributed by atoms with Crippen LogP contribution in [0.5, 0.6) is 0 Å². The van der Waals surface area contributed by atoms with Gasteiger partial charge < -0.3 is 9.47 Å². The minimum Gasteiger partial charge on any atom is -0.453 e. The second-order valence-electron chi connectivity index (χ2n) is 3.28. The van der Waals surface area contributed by atoms with Crippen LogP contribution in [-0.2, 0) is 14.3 Å². The van der Waals surface area contributed by atoms with Crippen molar-refractivity contribution in [3.8, 4) is 0 Å². The number of ketones is 1. The van der Waals surface area contributed by atoms with E-state index < -0.39 is 5.79 Å². The minimum absolute atomic E-state index is 0.0746. The van der Waals surface area contributed by atoms with Crippen LogP contribution in [0.3, 0.4) is 0 Å². The molecule has 2 aliphatic rings. The van der Waals surface area contributed by atoms with Gasteiger partial charge in [0.1, 0.15) is 5.76 Å². The van der Waals surface area contributed by atoms with Crippen LogP contribution < -0.4 is 0 Å². The third-order valence-corrected chi connectivity index (χ3v) is 1.80. The fraction of sp³-hybridized carbons (Fsp3) is 0.625. The zero-order valence-electron chi connectivity index (χ0n) is 6.64. The molecular weight excluding hydrogens is 144 g/mol. The molecule has 3 heteroatoms. The van der Waals surface area contributed by atoms with E-state index in [1.165, 1.54) is 0 Å². The van der Waals surface area contributed by atoms with Crippen LogP contribution in [0.1, 0.15) is 26.7 Å². The lowest BCUT2D eigenvalue weighted by atomic mass is 10.3. The maximum atomic E-state index is 11.1. The summed E-state index contributed by atoms with van der Waals surface area (Å²) in [4.78, 5) is 11.1. The van der Waals surface area contributed by atoms with Crippen molar-refractivity contribution in [1.29, 1.82) is 0 Å². The summed E-state index contributed by atoms with van der Waals surface area (Å²) in [6.07, 6.45) is 1.25. The minimum atomic E-state index is -0.624. The van der Waals surface area contributed by atoms with E-state index in [4.69, 9.17) is 9.47 Å². The van der Waals surface area contributed by atoms with Crippen LogP contribution in [0.25, 0.3) is 0 Å². The largest absolute Gasteiger partial charge is 0.453 e. The molecule has 11 heavy (non-hydrogen) atoms. The normalized spacial score (nSPS) is 26.5. The highest BCUT2D eigenvalue weighted by atomic mass is 16.7. The molecule has 0 aromatic heterocycles. The lowest BCUT2D eigenvalue weighted by molar-refractivity contribution is -0.142. The molecular formula is C8H10O3. The Labute approximate surface area is 65.0 Å². The molecule has 0 saturated heterocycles. The van der Waals surface area contributed by atoms with E-state index in [0.717, 1.165) is 5.76 Å². The number of carbonyl (C=O) groups is 1. The number of rotatable bonds is 0. The second-order valence-corrected chi connectivity index (χ2v) is 3.28. The number of allylic oxidation sites excluding steroid dienone is 2. The van der Waals surface area contributed by atoms with Gasteiger partial charge >= 0.3 is 0 Å². The molecule has 60 valence electrons. The zero-order valence-corrected chi connectivity index (χ0v) is 6.64. The molecule has 0 atom stereocenters. The molecule has 0 amide bonds. The van der Waals surface area contributed by atoms with Crippen LogP contribution in [0.2, 0.25) is 0 Å². The van der Waals surface area contributed by atoms with Gasteiger partial charge in [0.05, 0.1) is 0 Å². The number of hydrogen-bond donors (Lipinski definition) is 0. The van der Waals surface area contributed by atoms with E-state index in [9.17, 15) is 4.79 Å². The highest BCUT2D eigenvalue weighted by Crippen LogP contribution is 2.37. The molecule has 1 aliphatic carbocycles. The summed E-state index contributed by atoms with van der Waals surface area (Å²) in [5.41, 5.74) is 0. The van der Waals surface area contributed by atoms with Gasteiger partial charge in [-0.05, 0) is 0 Å². The van der Waals surface area contributed by atoms with Crippen molar-refractivity contribution in [3.63, 3.8) is 0 Å². The van der Waals surface area contributed by atoms with Gasteiger partial charge in [0.25, 0.3) is 0 Å². The van der Waals surface area contributed by atoms with E-state index in [-0.39, 0.29) is 5.78 Å². The molecule has 0 bridgehead atoms. The maximum Gasteiger partial charge on any atom is 0.245 e. The first-order valence-corrected chi connectivity index (χ1v) is 3.73. The van der Waals surface area contributed by atoms with Gasteiger partial charge in [0.15, 0.2) is 0 Å². The SMILES string of the molecule is CC1(C)OC2=C(O1)C(=O)CC2. The highest BCUT2D eigenvalue weighted by Gasteiger charge is 2.40. The Kier molecular flexibility index (Phi) is 1.09. The Hall–Kier alpha value is -0.990. The van der Waals surface area contributed by atoms with Gasteiger partial charge in [0.2, 0.25) is 17.3 Å². The Morgan fingerprint density at radius 1 is 1.27 bits per heavy atom. The first-order valence-electron chi connectivity index (χ1n) is 3.73. The van der Waals surface area contributed by atoms with Crippen molar-refractivity contribution in [1.82, 2.24) is 0 Å². The van der Waals surface area contributed by atoms with E-state index in [2.05, 4.69) is 0 Å². The smallest absolute Gasteiger partial charge is 0.245 e. The molecule has 1 aliphatic heterocycles. The van der Waals surface area contributed by atoms with E-state index in [1.54, 1.807) is 13.8 Å². The Balaban J connectivity index is 2.26. The van der Waals surface area contributed by atoms with Crippen molar-refractivity contribution in [2.45, 2.75) is 32.5 Å². The van der Waals surface area contributed by atoms with Crippen LogP contribution in [0.15, 0.2) is 11.5 Å². The van der Waals surface area contributed by atoms with Crippen molar-refractivity contribution in [3.05, 3.63) is 11.5 Å². The summed E-state index contributed by atoms with van der Waals surface area (Å²) in [5.74, 6) is 0.640. The van der Waals surface area contributed by atoms with E-state index in [1.807, 2.05) is 0 Å². The molecule has 0 aromatic carbocycles. The maximum absolute atomic E-state index is 11.1. The Morgan fingerprint density at radius 3 is 2.64 bits per heavy atom. The standard InChI is InChI=1S/C8H10O3/c1-8(2)10-6-4-3-5(9)7(6)11-8/h3-4H2,1-2H3. The first kappa shape index (κ1) is 6.70. The van der Waals surface area contributed by atoms with Gasteiger partial charge in [-0.1, -0.05) is 0 Å². The summed E-state index contributed by atoms with van der Waals surface area (Å²) in [6, 6.07) is 0. The third-order valence-electron chi connectivity index (χ3n) is 1.80. The second kappa shape index (κ2) is 1.78. The predicted octanol–water partition coefficient (Wildman–Crippen LogP) is 1.34. The fourth-order valence-electron chi connectivity index (χ4n) is 1.38. The summed E-state index contributed by atoms with van der Waals surface area (Å²) < 4.78 is 10.7. The monoisotopic (exact) mass is 154 g/mol. The third kappa shape index (κ3) is 0.914. The lowest BCUT2D eigenvalue weighted by Crippen LogP contribution is -2.22. The Morgan fingerprint density at radius 2 is 2.00 bits per heavy atom. The number of carbonyl (C=O) groups excluding carboxylic acids is 1. The van der Waals surface area contributed by atoms with Gasteiger partial charge in [-0.3, -0.25) is 4.79 Å². The quantitative estimate of drug-likeness (QED) is 0.528. The number of ether oxygens (including phenoxy) is 2. The van der Waals surface area contributed by atoms with Crippen molar-refractivity contribution in [2.75, 3.05) is 0 Å². The van der Waals surface area contributed by atoms with Crippen molar-refractivity contribution >= 4 is 5.78 Å². The molecule has 0 unspecified atom stereocenters. The molecule has 2 rings (SSSR count). The molecule has 0 N–H and O–H groups in total. The average Bonchev–Trinajstić information content (AvgIpc) is 2.31. The summed E-state index contributed by atoms with van der Waals surface area (Å²) in [5, 5.41) is 0. The van der Waals surface area contributed by atoms with Gasteiger partial charge in [-0.15, -0.1) is 0 Å². The van der Waals surface area contributed by atoms with Gasteiger partial charge in [-0.2, -0.15) is 0 Å². The number of Topliss-reactive ketones (excluding diaryl/α,β-unsaturated/α-hetero) is 1. The van der Waals surface area contributed by atoms with Crippen molar-refractivity contribution in [2.24, 2.45) is 0 Å². The van der Waals surface area contributed by atoms with E-state index in [0.29, 0.717) is 18.6 Å². The average molecular weight is 154 g/mol. The van der Waals surface area contributed by atoms with Crippen LogP contribution in [-0.4, -0.2) is 11.6 Å². The van der Waals surface area contributed by atoms with Gasteiger partial charge in [-0.25, -0.2) is 0 Å². The summed E-state index contributed by atoms with van der Waals surface area (Å²) >= 11 is 0. The molecule has 0 fully saturated rings. The summed E-state index contributed by atoms with van der Waals surface area (Å²) in [7, 11) is 0. The van der Waals surface area contributed by atoms with Crippen LogP contribution in [0.4, 0.5) is 0 Å². The molecule has 0 radical (unpaired) electrons. The topological polar surface area (TPSA) is 35.5 Å². The molecule has 3 nitrogen and oxygen atoms in total. The number of hydrogen-bond acceptors (Lipinski definition) is 3. The highest BCUT2D eigenvalue weighted by molar-refractivity contribution is 5.96. The van der Waals surface area contributed by atoms with Gasteiger partial charge in [0, 0.05) is 26.7 Å². The molecule has 0 saturated carbocycles. The Bertz CT molecular complexity index is 250. The summed E-state index contributed by atoms with van der Waals surface area (Å²) in [6.45, 7) is 3.61. The molecule has 0 aromatic rings.